The maximum atomic E-state index is 13.0. The third-order valence-corrected chi connectivity index (χ3v) is 4.03. The predicted octanol–water partition coefficient (Wildman–Crippen LogP) is 2.52. The van der Waals surface area contributed by atoms with E-state index in [9.17, 15) is 9.50 Å². The highest BCUT2D eigenvalue weighted by Gasteiger charge is 2.25. The van der Waals surface area contributed by atoms with Gasteiger partial charge < -0.3 is 10.4 Å². The number of nitrogens with zero attached hydrogens (tertiary/aromatic N) is 1. The minimum Gasteiger partial charge on any atom is -0.508 e. The number of piperidine rings is 1. The number of benzene rings is 1. The zero-order chi connectivity index (χ0) is 13.8. The van der Waals surface area contributed by atoms with E-state index in [4.69, 9.17) is 0 Å². The minimum absolute atomic E-state index is 0.0586. The third kappa shape index (κ3) is 3.45. The molecular weight excluding hydrogens is 243 g/mol. The highest BCUT2D eigenvalue weighted by Crippen LogP contribution is 2.31. The first-order chi connectivity index (χ1) is 9.11. The van der Waals surface area contributed by atoms with Gasteiger partial charge in [0.05, 0.1) is 0 Å². The zero-order valence-corrected chi connectivity index (χ0v) is 11.7. The monoisotopic (exact) mass is 266 g/mol. The lowest BCUT2D eigenvalue weighted by Crippen LogP contribution is -2.40. The number of hydrogen-bond donors (Lipinski definition) is 2. The minimum atomic E-state index is -0.389. The molecule has 0 amide bonds. The molecule has 2 atom stereocenters. The molecule has 0 spiro atoms. The van der Waals surface area contributed by atoms with Crippen molar-refractivity contribution in [2.24, 2.45) is 5.92 Å². The Morgan fingerprint density at radius 2 is 2.32 bits per heavy atom. The normalized spacial score (nSPS) is 22.4. The summed E-state index contributed by atoms with van der Waals surface area (Å²) in [6.45, 7) is 5.17. The summed E-state index contributed by atoms with van der Waals surface area (Å²) in [7, 11) is 1.98. The maximum absolute atomic E-state index is 13.0. The average molecular weight is 266 g/mol. The van der Waals surface area contributed by atoms with Gasteiger partial charge in [0, 0.05) is 24.2 Å². The zero-order valence-electron chi connectivity index (χ0n) is 11.7. The van der Waals surface area contributed by atoms with Crippen molar-refractivity contribution >= 4 is 0 Å². The van der Waals surface area contributed by atoms with E-state index in [1.165, 1.54) is 25.0 Å². The van der Waals surface area contributed by atoms with Gasteiger partial charge in [-0.15, -0.1) is 0 Å². The number of phenolic OH excluding ortho intramolecular Hbond substituents is 1. The van der Waals surface area contributed by atoms with Crippen molar-refractivity contribution in [2.75, 3.05) is 26.7 Å². The van der Waals surface area contributed by atoms with Crippen LogP contribution in [0.25, 0.3) is 0 Å². The summed E-state index contributed by atoms with van der Waals surface area (Å²) in [5.41, 5.74) is 0.812. The van der Waals surface area contributed by atoms with Crippen LogP contribution in [-0.2, 0) is 0 Å². The van der Waals surface area contributed by atoms with Crippen LogP contribution in [0.4, 0.5) is 4.39 Å². The molecule has 3 nitrogen and oxygen atoms in total. The standard InChI is InChI=1S/C15H23FN2O/c1-11(14-6-5-13(16)8-15(14)19)18-7-3-4-12(10-18)9-17-2/h5-6,8,11-12,17,19H,3-4,7,9-10H2,1-2H3. The lowest BCUT2D eigenvalue weighted by molar-refractivity contribution is 0.130. The van der Waals surface area contributed by atoms with Gasteiger partial charge in [-0.2, -0.15) is 0 Å². The lowest BCUT2D eigenvalue weighted by Gasteiger charge is -2.37. The van der Waals surface area contributed by atoms with Crippen LogP contribution in [0.1, 0.15) is 31.4 Å². The van der Waals surface area contributed by atoms with Gasteiger partial charge >= 0.3 is 0 Å². The second kappa shape index (κ2) is 6.35. The largest absolute Gasteiger partial charge is 0.508 e. The molecule has 0 aliphatic carbocycles. The van der Waals surface area contributed by atoms with Crippen molar-refractivity contribution in [3.63, 3.8) is 0 Å². The quantitative estimate of drug-likeness (QED) is 0.879. The van der Waals surface area contributed by atoms with Crippen LogP contribution >= 0.6 is 0 Å². The average Bonchev–Trinajstić information content (AvgIpc) is 2.39. The van der Waals surface area contributed by atoms with Gasteiger partial charge in [-0.3, -0.25) is 4.90 Å². The first kappa shape index (κ1) is 14.3. The Kier molecular flexibility index (Phi) is 4.77. The van der Waals surface area contributed by atoms with Gasteiger partial charge in [0.2, 0.25) is 0 Å². The van der Waals surface area contributed by atoms with E-state index in [-0.39, 0.29) is 17.6 Å². The molecule has 4 heteroatoms. The van der Waals surface area contributed by atoms with E-state index in [1.807, 2.05) is 7.05 Å². The number of halogens is 1. The second-order valence-corrected chi connectivity index (χ2v) is 5.44. The summed E-state index contributed by atoms with van der Waals surface area (Å²) < 4.78 is 13.0. The second-order valence-electron chi connectivity index (χ2n) is 5.44. The summed E-state index contributed by atoms with van der Waals surface area (Å²) in [5.74, 6) is 0.326. The molecule has 1 fully saturated rings. The first-order valence-corrected chi connectivity index (χ1v) is 6.99. The lowest BCUT2D eigenvalue weighted by atomic mass is 9.95. The molecule has 2 rings (SSSR count). The summed E-state index contributed by atoms with van der Waals surface area (Å²) in [4.78, 5) is 2.37. The Hall–Kier alpha value is -1.13. The SMILES string of the molecule is CNCC1CCCN(C(C)c2ccc(F)cc2O)C1. The van der Waals surface area contributed by atoms with Crippen LogP contribution in [0.5, 0.6) is 5.75 Å². The van der Waals surface area contributed by atoms with Crippen LogP contribution in [0.15, 0.2) is 18.2 Å². The number of nitrogens with one attached hydrogen (secondary N) is 1. The number of hydrogen-bond acceptors (Lipinski definition) is 3. The summed E-state index contributed by atoms with van der Waals surface area (Å²) in [6.07, 6.45) is 2.43. The fourth-order valence-corrected chi connectivity index (χ4v) is 2.97. The Morgan fingerprint density at radius 3 is 3.00 bits per heavy atom. The van der Waals surface area contributed by atoms with Gasteiger partial charge in [0.15, 0.2) is 0 Å². The molecule has 2 N–H and O–H groups in total. The fourth-order valence-electron chi connectivity index (χ4n) is 2.97. The number of rotatable bonds is 4. The molecule has 2 unspecified atom stereocenters. The molecule has 0 radical (unpaired) electrons. The van der Waals surface area contributed by atoms with Crippen molar-refractivity contribution in [1.82, 2.24) is 10.2 Å². The number of aromatic hydroxyl groups is 1. The Balaban J connectivity index is 2.07. The van der Waals surface area contributed by atoms with Gasteiger partial charge in [-0.05, 0) is 51.9 Å². The molecule has 0 saturated carbocycles. The molecule has 1 aromatic carbocycles. The Morgan fingerprint density at radius 1 is 1.53 bits per heavy atom. The Bertz CT molecular complexity index is 423. The molecule has 19 heavy (non-hydrogen) atoms. The molecule has 1 aliphatic rings. The van der Waals surface area contributed by atoms with Gasteiger partial charge in [0.1, 0.15) is 11.6 Å². The highest BCUT2D eigenvalue weighted by molar-refractivity contribution is 5.35. The van der Waals surface area contributed by atoms with Crippen LogP contribution < -0.4 is 5.32 Å². The molecule has 1 aromatic rings. The summed E-state index contributed by atoms with van der Waals surface area (Å²) in [6, 6.07) is 4.43. The van der Waals surface area contributed by atoms with Crippen molar-refractivity contribution < 1.29 is 9.50 Å². The van der Waals surface area contributed by atoms with Gasteiger partial charge in [-0.1, -0.05) is 6.07 Å². The van der Waals surface area contributed by atoms with E-state index < -0.39 is 0 Å². The van der Waals surface area contributed by atoms with E-state index in [0.29, 0.717) is 5.92 Å². The van der Waals surface area contributed by atoms with Crippen molar-refractivity contribution in [2.45, 2.75) is 25.8 Å². The molecule has 1 aliphatic heterocycles. The third-order valence-electron chi connectivity index (χ3n) is 4.03. The number of likely N-dealkylation sites (tertiary alicyclic amines) is 1. The van der Waals surface area contributed by atoms with E-state index >= 15 is 0 Å². The van der Waals surface area contributed by atoms with Crippen LogP contribution in [0.2, 0.25) is 0 Å². The van der Waals surface area contributed by atoms with Crippen LogP contribution in [0.3, 0.4) is 0 Å². The Labute approximate surface area is 114 Å². The number of phenols is 1. The van der Waals surface area contributed by atoms with E-state index in [0.717, 1.165) is 25.2 Å². The van der Waals surface area contributed by atoms with Crippen LogP contribution in [-0.4, -0.2) is 36.7 Å². The van der Waals surface area contributed by atoms with Crippen LogP contribution in [0, 0.1) is 11.7 Å². The molecule has 106 valence electrons. The predicted molar refractivity (Wildman–Crippen MR) is 74.7 cm³/mol. The van der Waals surface area contributed by atoms with Crippen molar-refractivity contribution in [3.05, 3.63) is 29.6 Å². The van der Waals surface area contributed by atoms with Gasteiger partial charge in [-0.25, -0.2) is 4.39 Å². The van der Waals surface area contributed by atoms with Gasteiger partial charge in [0.25, 0.3) is 0 Å². The topological polar surface area (TPSA) is 35.5 Å². The molecule has 1 saturated heterocycles. The molecule has 1 heterocycles. The molecule has 0 bridgehead atoms. The first-order valence-electron chi connectivity index (χ1n) is 6.99. The summed E-state index contributed by atoms with van der Waals surface area (Å²) in [5, 5.41) is 13.1. The van der Waals surface area contributed by atoms with E-state index in [2.05, 4.69) is 17.1 Å². The van der Waals surface area contributed by atoms with Crippen molar-refractivity contribution in [3.8, 4) is 5.75 Å². The highest BCUT2D eigenvalue weighted by atomic mass is 19.1. The fraction of sp³-hybridized carbons (Fsp3) is 0.600. The van der Waals surface area contributed by atoms with E-state index in [1.54, 1.807) is 6.07 Å². The summed E-state index contributed by atoms with van der Waals surface area (Å²) >= 11 is 0. The van der Waals surface area contributed by atoms with Crippen molar-refractivity contribution in [1.29, 1.82) is 0 Å². The maximum Gasteiger partial charge on any atom is 0.126 e. The molecular formula is C15H23FN2O. The smallest absolute Gasteiger partial charge is 0.126 e. The molecule has 0 aromatic heterocycles.